The average molecular weight is 341 g/mol. The topological polar surface area (TPSA) is 47.6 Å². The molecule has 2 aromatic rings. The molecule has 2 atom stereocenters. The highest BCUT2D eigenvalue weighted by atomic mass is 16.5. The van der Waals surface area contributed by atoms with E-state index in [2.05, 4.69) is 19.2 Å². The fraction of sp³-hybridized carbons (Fsp3) is 0.381. The number of hydrogen-bond donors (Lipinski definition) is 1. The van der Waals surface area contributed by atoms with E-state index in [1.165, 1.54) is 0 Å². The number of carbonyl (C=O) groups is 1. The van der Waals surface area contributed by atoms with Crippen LogP contribution in [0, 0.1) is 12.8 Å². The van der Waals surface area contributed by atoms with Crippen LogP contribution in [-0.2, 0) is 4.79 Å². The van der Waals surface area contributed by atoms with Crippen LogP contribution >= 0.6 is 0 Å². The van der Waals surface area contributed by atoms with Crippen LogP contribution in [0.25, 0.3) is 0 Å². The van der Waals surface area contributed by atoms with Crippen molar-refractivity contribution in [2.24, 2.45) is 5.92 Å². The van der Waals surface area contributed by atoms with Gasteiger partial charge in [0.2, 0.25) is 0 Å². The molecule has 0 fully saturated rings. The normalized spacial score (nSPS) is 13.2. The van der Waals surface area contributed by atoms with Crippen LogP contribution in [0.15, 0.2) is 48.5 Å². The first-order valence-electron chi connectivity index (χ1n) is 8.58. The summed E-state index contributed by atoms with van der Waals surface area (Å²) in [6.45, 7) is 7.95. The van der Waals surface area contributed by atoms with Crippen molar-refractivity contribution in [2.45, 2.75) is 39.8 Å². The van der Waals surface area contributed by atoms with E-state index in [4.69, 9.17) is 9.47 Å². The number of hydrogen-bond acceptors (Lipinski definition) is 3. The van der Waals surface area contributed by atoms with Crippen molar-refractivity contribution in [1.82, 2.24) is 5.32 Å². The highest BCUT2D eigenvalue weighted by molar-refractivity contribution is 5.81. The van der Waals surface area contributed by atoms with Gasteiger partial charge in [-0.1, -0.05) is 43.7 Å². The van der Waals surface area contributed by atoms with E-state index < -0.39 is 6.10 Å². The Kier molecular flexibility index (Phi) is 6.45. The van der Waals surface area contributed by atoms with Gasteiger partial charge in [0.1, 0.15) is 11.5 Å². The van der Waals surface area contributed by atoms with Crippen LogP contribution in [0.1, 0.15) is 37.9 Å². The highest BCUT2D eigenvalue weighted by Gasteiger charge is 2.22. The highest BCUT2D eigenvalue weighted by Crippen LogP contribution is 2.24. The number of ether oxygens (including phenoxy) is 2. The Morgan fingerprint density at radius 2 is 1.48 bits per heavy atom. The van der Waals surface area contributed by atoms with Gasteiger partial charge in [-0.3, -0.25) is 4.79 Å². The third kappa shape index (κ3) is 5.24. The zero-order valence-electron chi connectivity index (χ0n) is 15.6. The maximum Gasteiger partial charge on any atom is 0.261 e. The van der Waals surface area contributed by atoms with Crippen molar-refractivity contribution < 1.29 is 14.3 Å². The molecule has 0 spiro atoms. The molecule has 0 aliphatic rings. The lowest BCUT2D eigenvalue weighted by Crippen LogP contribution is -2.40. The summed E-state index contributed by atoms with van der Waals surface area (Å²) in [7, 11) is 1.64. The van der Waals surface area contributed by atoms with Gasteiger partial charge in [0.15, 0.2) is 6.10 Å². The van der Waals surface area contributed by atoms with E-state index >= 15 is 0 Å². The summed E-state index contributed by atoms with van der Waals surface area (Å²) in [6.07, 6.45) is -0.567. The standard InChI is InChI=1S/C21H27NO3/c1-14(2)20(17-8-12-18(24-5)13-9-17)22-21(23)16(4)25-19-10-6-15(3)7-11-19/h6-14,16,20H,1-5H3,(H,22,23). The maximum atomic E-state index is 12.6. The second-order valence-electron chi connectivity index (χ2n) is 6.58. The van der Waals surface area contributed by atoms with E-state index in [9.17, 15) is 4.79 Å². The molecule has 2 rings (SSSR count). The number of methoxy groups -OCH3 is 1. The van der Waals surface area contributed by atoms with E-state index in [1.807, 2.05) is 55.5 Å². The third-order valence-corrected chi connectivity index (χ3v) is 4.14. The number of nitrogens with one attached hydrogen (secondary N) is 1. The van der Waals surface area contributed by atoms with Crippen LogP contribution < -0.4 is 14.8 Å². The SMILES string of the molecule is COc1ccc(C(NC(=O)C(C)Oc2ccc(C)cc2)C(C)C)cc1. The molecule has 0 saturated heterocycles. The molecule has 0 heterocycles. The quantitative estimate of drug-likeness (QED) is 0.817. The molecule has 0 aromatic heterocycles. The Balaban J connectivity index is 2.04. The summed E-state index contributed by atoms with van der Waals surface area (Å²) >= 11 is 0. The molecule has 4 nitrogen and oxygen atoms in total. The smallest absolute Gasteiger partial charge is 0.261 e. The van der Waals surface area contributed by atoms with Crippen molar-refractivity contribution >= 4 is 5.91 Å². The van der Waals surface area contributed by atoms with Gasteiger partial charge in [0.25, 0.3) is 5.91 Å². The molecule has 134 valence electrons. The van der Waals surface area contributed by atoms with Crippen molar-refractivity contribution in [3.63, 3.8) is 0 Å². The first-order valence-corrected chi connectivity index (χ1v) is 8.58. The van der Waals surface area contributed by atoms with Crippen LogP contribution in [0.5, 0.6) is 11.5 Å². The minimum Gasteiger partial charge on any atom is -0.497 e. The lowest BCUT2D eigenvalue weighted by Gasteiger charge is -2.25. The minimum atomic E-state index is -0.567. The summed E-state index contributed by atoms with van der Waals surface area (Å²) in [6, 6.07) is 15.4. The molecular formula is C21H27NO3. The molecule has 0 saturated carbocycles. The predicted molar refractivity (Wildman–Crippen MR) is 100.0 cm³/mol. The Bertz CT molecular complexity index is 677. The fourth-order valence-corrected chi connectivity index (χ4v) is 2.59. The second kappa shape index (κ2) is 8.56. The second-order valence-corrected chi connectivity index (χ2v) is 6.58. The first-order chi connectivity index (χ1) is 11.9. The number of carbonyl (C=O) groups excluding carboxylic acids is 1. The van der Waals surface area contributed by atoms with Gasteiger partial charge in [-0.25, -0.2) is 0 Å². The molecule has 0 aliphatic carbocycles. The Morgan fingerprint density at radius 3 is 2.00 bits per heavy atom. The van der Waals surface area contributed by atoms with Gasteiger partial charge in [0.05, 0.1) is 13.2 Å². The van der Waals surface area contributed by atoms with Crippen LogP contribution in [0.2, 0.25) is 0 Å². The zero-order valence-corrected chi connectivity index (χ0v) is 15.6. The van der Waals surface area contributed by atoms with E-state index in [-0.39, 0.29) is 17.9 Å². The van der Waals surface area contributed by atoms with E-state index in [0.29, 0.717) is 5.75 Å². The zero-order chi connectivity index (χ0) is 18.4. The first kappa shape index (κ1) is 18.8. The number of amides is 1. The van der Waals surface area contributed by atoms with Crippen LogP contribution in [0.3, 0.4) is 0 Å². The summed E-state index contributed by atoms with van der Waals surface area (Å²) < 4.78 is 10.9. The van der Waals surface area contributed by atoms with Crippen LogP contribution in [-0.4, -0.2) is 19.1 Å². The minimum absolute atomic E-state index is 0.0810. The number of benzene rings is 2. The molecular weight excluding hydrogens is 314 g/mol. The molecule has 0 aliphatic heterocycles. The van der Waals surface area contributed by atoms with Gasteiger partial charge in [0, 0.05) is 0 Å². The predicted octanol–water partition coefficient (Wildman–Crippen LogP) is 4.28. The summed E-state index contributed by atoms with van der Waals surface area (Å²) in [4.78, 5) is 12.6. The molecule has 2 aromatic carbocycles. The molecule has 1 N–H and O–H groups in total. The Hall–Kier alpha value is -2.49. The molecule has 0 bridgehead atoms. The average Bonchev–Trinajstić information content (AvgIpc) is 2.61. The third-order valence-electron chi connectivity index (χ3n) is 4.14. The van der Waals surface area contributed by atoms with Crippen LogP contribution in [0.4, 0.5) is 0 Å². The Labute approximate surface area is 150 Å². The van der Waals surface area contributed by atoms with Gasteiger partial charge in [-0.15, -0.1) is 0 Å². The molecule has 25 heavy (non-hydrogen) atoms. The van der Waals surface area contributed by atoms with Crippen molar-refractivity contribution in [3.8, 4) is 11.5 Å². The van der Waals surface area contributed by atoms with Gasteiger partial charge in [-0.2, -0.15) is 0 Å². The van der Waals surface area contributed by atoms with Crippen molar-refractivity contribution in [2.75, 3.05) is 7.11 Å². The van der Waals surface area contributed by atoms with Crippen molar-refractivity contribution in [3.05, 3.63) is 59.7 Å². The number of rotatable bonds is 7. The molecule has 0 radical (unpaired) electrons. The molecule has 1 amide bonds. The van der Waals surface area contributed by atoms with Gasteiger partial charge >= 0.3 is 0 Å². The van der Waals surface area contributed by atoms with E-state index in [1.54, 1.807) is 14.0 Å². The molecule has 2 unspecified atom stereocenters. The lowest BCUT2D eigenvalue weighted by atomic mass is 9.95. The monoisotopic (exact) mass is 341 g/mol. The maximum absolute atomic E-state index is 12.6. The fourth-order valence-electron chi connectivity index (χ4n) is 2.59. The van der Waals surface area contributed by atoms with Crippen molar-refractivity contribution in [1.29, 1.82) is 0 Å². The Morgan fingerprint density at radius 1 is 0.920 bits per heavy atom. The van der Waals surface area contributed by atoms with E-state index in [0.717, 1.165) is 16.9 Å². The summed E-state index contributed by atoms with van der Waals surface area (Å²) in [5, 5.41) is 3.10. The van der Waals surface area contributed by atoms with Gasteiger partial charge < -0.3 is 14.8 Å². The number of aryl methyl sites for hydroxylation is 1. The lowest BCUT2D eigenvalue weighted by molar-refractivity contribution is -0.128. The van der Waals surface area contributed by atoms with Gasteiger partial charge in [-0.05, 0) is 49.6 Å². The summed E-state index contributed by atoms with van der Waals surface area (Å²) in [5.41, 5.74) is 2.20. The summed E-state index contributed by atoms with van der Waals surface area (Å²) in [5.74, 6) is 1.62. The largest absolute Gasteiger partial charge is 0.497 e. The molecule has 4 heteroatoms.